The molecule has 0 unspecified atom stereocenters. The van der Waals surface area contributed by atoms with E-state index in [0.717, 1.165) is 0 Å². The van der Waals surface area contributed by atoms with Gasteiger partial charge in [0.25, 0.3) is 0 Å². The first-order valence-corrected chi connectivity index (χ1v) is 8.17. The summed E-state index contributed by atoms with van der Waals surface area (Å²) in [5, 5.41) is 2.53. The lowest BCUT2D eigenvalue weighted by Crippen LogP contribution is -2.11. The van der Waals surface area contributed by atoms with Gasteiger partial charge >= 0.3 is 10.1 Å². The molecule has 0 radical (unpaired) electrons. The zero-order chi connectivity index (χ0) is 17.0. The normalized spacial score (nSPS) is 10.9. The van der Waals surface area contributed by atoms with Gasteiger partial charge in [0.1, 0.15) is 11.2 Å². The fraction of sp³-hybridized carbons (Fsp3) is 0.0667. The molecular weight excluding hydrogens is 342 g/mol. The Balaban J connectivity index is 2.25. The Hall–Kier alpha value is -2.38. The minimum absolute atomic E-state index is 0.00745. The first-order valence-electron chi connectivity index (χ1n) is 6.39. The van der Waals surface area contributed by atoms with Gasteiger partial charge in [-0.1, -0.05) is 11.6 Å². The molecule has 0 aromatic heterocycles. The Bertz CT molecular complexity index is 847. The minimum Gasteiger partial charge on any atom is -0.377 e. The molecule has 2 rings (SSSR count). The second-order valence-corrected chi connectivity index (χ2v) is 6.50. The van der Waals surface area contributed by atoms with Crippen molar-refractivity contribution in [3.63, 3.8) is 0 Å². The lowest BCUT2D eigenvalue weighted by Gasteiger charge is -2.09. The molecular formula is C15H12ClNO5S. The summed E-state index contributed by atoms with van der Waals surface area (Å²) in [6.07, 6.45) is 0.588. The van der Waals surface area contributed by atoms with Gasteiger partial charge in [-0.05, 0) is 42.5 Å². The lowest BCUT2D eigenvalue weighted by atomic mass is 10.2. The molecule has 0 saturated carbocycles. The Morgan fingerprint density at radius 3 is 2.35 bits per heavy atom. The first kappa shape index (κ1) is 17.0. The van der Waals surface area contributed by atoms with Crippen molar-refractivity contribution >= 4 is 39.6 Å². The van der Waals surface area contributed by atoms with Gasteiger partial charge in [-0.2, -0.15) is 8.42 Å². The number of hydrogen-bond acceptors (Lipinski definition) is 5. The van der Waals surface area contributed by atoms with E-state index in [1.165, 1.54) is 49.4 Å². The fourth-order valence-corrected chi connectivity index (χ4v) is 2.95. The van der Waals surface area contributed by atoms with Crippen LogP contribution in [0.3, 0.4) is 0 Å². The third-order valence-corrected chi connectivity index (χ3v) is 4.30. The zero-order valence-electron chi connectivity index (χ0n) is 11.9. The summed E-state index contributed by atoms with van der Waals surface area (Å²) in [6.45, 7) is 1.35. The summed E-state index contributed by atoms with van der Waals surface area (Å²) >= 11 is 5.89. The van der Waals surface area contributed by atoms with E-state index in [9.17, 15) is 18.0 Å². The third kappa shape index (κ3) is 4.30. The molecule has 1 amide bonds. The van der Waals surface area contributed by atoms with Crippen molar-refractivity contribution in [2.75, 3.05) is 5.32 Å². The minimum atomic E-state index is -4.09. The number of carbonyl (C=O) groups is 2. The van der Waals surface area contributed by atoms with Crippen molar-refractivity contribution in [1.29, 1.82) is 0 Å². The number of benzene rings is 2. The topological polar surface area (TPSA) is 89.5 Å². The maximum absolute atomic E-state index is 12.2. The first-order chi connectivity index (χ1) is 10.8. The maximum Gasteiger partial charge on any atom is 0.339 e. The van der Waals surface area contributed by atoms with Crippen LogP contribution in [0.2, 0.25) is 5.02 Å². The van der Waals surface area contributed by atoms with Gasteiger partial charge in [-0.15, -0.1) is 0 Å². The smallest absolute Gasteiger partial charge is 0.339 e. The number of rotatable bonds is 5. The van der Waals surface area contributed by atoms with Gasteiger partial charge in [0.2, 0.25) is 5.91 Å². The molecule has 0 heterocycles. The second kappa shape index (κ2) is 6.80. The number of aldehydes is 1. The molecule has 0 spiro atoms. The van der Waals surface area contributed by atoms with Crippen molar-refractivity contribution in [1.82, 2.24) is 0 Å². The molecule has 0 aliphatic heterocycles. The van der Waals surface area contributed by atoms with Crippen LogP contribution in [0.25, 0.3) is 0 Å². The number of anilines is 1. The van der Waals surface area contributed by atoms with Crippen molar-refractivity contribution in [2.24, 2.45) is 0 Å². The Morgan fingerprint density at radius 1 is 1.17 bits per heavy atom. The Labute approximate surface area is 138 Å². The van der Waals surface area contributed by atoms with Crippen LogP contribution in [-0.2, 0) is 14.9 Å². The van der Waals surface area contributed by atoms with Crippen molar-refractivity contribution < 1.29 is 22.2 Å². The average molecular weight is 354 g/mol. The van der Waals surface area contributed by atoms with Crippen molar-refractivity contribution in [2.45, 2.75) is 11.8 Å². The monoisotopic (exact) mass is 353 g/mol. The Morgan fingerprint density at radius 2 is 1.83 bits per heavy atom. The predicted molar refractivity (Wildman–Crippen MR) is 85.4 cm³/mol. The van der Waals surface area contributed by atoms with Crippen LogP contribution in [0.1, 0.15) is 17.3 Å². The SMILES string of the molecule is CC(=O)Nc1ccc(S(=O)(=O)Oc2ccc(C=O)cc2Cl)cc1. The maximum atomic E-state index is 12.2. The molecule has 0 atom stereocenters. The number of nitrogens with one attached hydrogen (secondary N) is 1. The average Bonchev–Trinajstić information content (AvgIpc) is 2.49. The van der Waals surface area contributed by atoms with E-state index >= 15 is 0 Å². The van der Waals surface area contributed by atoms with Crippen LogP contribution in [0.5, 0.6) is 5.75 Å². The van der Waals surface area contributed by atoms with Gasteiger partial charge in [0.05, 0.1) is 5.02 Å². The summed E-state index contributed by atoms with van der Waals surface area (Å²) in [4.78, 5) is 21.5. The zero-order valence-corrected chi connectivity index (χ0v) is 13.5. The second-order valence-electron chi connectivity index (χ2n) is 4.55. The molecule has 2 aromatic carbocycles. The standard InChI is InChI=1S/C15H12ClNO5S/c1-10(19)17-12-3-5-13(6-4-12)23(20,21)22-15-7-2-11(9-18)8-14(15)16/h2-9H,1H3,(H,17,19). The van der Waals surface area contributed by atoms with Crippen LogP contribution in [0.15, 0.2) is 47.4 Å². The predicted octanol–water partition coefficient (Wildman–Crippen LogP) is 2.88. The highest BCUT2D eigenvalue weighted by atomic mass is 35.5. The van der Waals surface area contributed by atoms with Gasteiger partial charge < -0.3 is 9.50 Å². The molecule has 120 valence electrons. The van der Waals surface area contributed by atoms with Crippen molar-refractivity contribution in [3.8, 4) is 5.75 Å². The molecule has 6 nitrogen and oxygen atoms in total. The van der Waals surface area contributed by atoms with E-state index in [1.54, 1.807) is 0 Å². The molecule has 0 saturated heterocycles. The fourth-order valence-electron chi connectivity index (χ4n) is 1.73. The number of halogens is 1. The highest BCUT2D eigenvalue weighted by Crippen LogP contribution is 2.28. The summed E-state index contributed by atoms with van der Waals surface area (Å²) in [5.41, 5.74) is 0.768. The van der Waals surface area contributed by atoms with Gasteiger partial charge in [-0.25, -0.2) is 0 Å². The molecule has 0 aliphatic rings. The molecule has 23 heavy (non-hydrogen) atoms. The number of amides is 1. The third-order valence-electron chi connectivity index (χ3n) is 2.75. The highest BCUT2D eigenvalue weighted by Gasteiger charge is 2.18. The molecule has 0 aliphatic carbocycles. The van der Waals surface area contributed by atoms with Crippen LogP contribution >= 0.6 is 11.6 Å². The largest absolute Gasteiger partial charge is 0.377 e. The van der Waals surface area contributed by atoms with E-state index < -0.39 is 10.1 Å². The Kier molecular flexibility index (Phi) is 5.02. The van der Waals surface area contributed by atoms with Crippen LogP contribution in [0.4, 0.5) is 5.69 Å². The van der Waals surface area contributed by atoms with Crippen LogP contribution in [0, 0.1) is 0 Å². The van der Waals surface area contributed by atoms with E-state index in [1.807, 2.05) is 0 Å². The van der Waals surface area contributed by atoms with Gasteiger partial charge in [-0.3, -0.25) is 9.59 Å². The molecule has 1 N–H and O–H groups in total. The van der Waals surface area contributed by atoms with E-state index in [0.29, 0.717) is 17.5 Å². The van der Waals surface area contributed by atoms with E-state index in [4.69, 9.17) is 15.8 Å². The number of carbonyl (C=O) groups excluding carboxylic acids is 2. The summed E-state index contributed by atoms with van der Waals surface area (Å²) in [6, 6.07) is 9.48. The summed E-state index contributed by atoms with van der Waals surface area (Å²) < 4.78 is 29.4. The van der Waals surface area contributed by atoms with Crippen LogP contribution < -0.4 is 9.50 Å². The summed E-state index contributed by atoms with van der Waals surface area (Å²) in [5.74, 6) is -0.345. The van der Waals surface area contributed by atoms with E-state index in [-0.39, 0.29) is 21.6 Å². The highest BCUT2D eigenvalue weighted by molar-refractivity contribution is 7.87. The van der Waals surface area contributed by atoms with Gasteiger partial charge in [0.15, 0.2) is 5.75 Å². The quantitative estimate of drug-likeness (QED) is 0.659. The van der Waals surface area contributed by atoms with Gasteiger partial charge in [0, 0.05) is 18.2 Å². The molecule has 8 heteroatoms. The van der Waals surface area contributed by atoms with Crippen molar-refractivity contribution in [3.05, 3.63) is 53.1 Å². The lowest BCUT2D eigenvalue weighted by molar-refractivity contribution is -0.114. The number of hydrogen-bond donors (Lipinski definition) is 1. The van der Waals surface area contributed by atoms with E-state index in [2.05, 4.69) is 5.32 Å². The van der Waals surface area contributed by atoms with Crippen LogP contribution in [-0.4, -0.2) is 20.6 Å². The molecule has 0 fully saturated rings. The molecule has 2 aromatic rings. The summed E-state index contributed by atoms with van der Waals surface area (Å²) in [7, 11) is -4.09. The molecule has 0 bridgehead atoms.